The van der Waals surface area contributed by atoms with Crippen LogP contribution in [0, 0.1) is 18.3 Å². The molecule has 2 amide bonds. The van der Waals surface area contributed by atoms with E-state index >= 15 is 0 Å². The van der Waals surface area contributed by atoms with Crippen LogP contribution >= 0.6 is 12.4 Å². The van der Waals surface area contributed by atoms with E-state index in [0.717, 1.165) is 42.6 Å². The van der Waals surface area contributed by atoms with Crippen LogP contribution in [0.5, 0.6) is 0 Å². The van der Waals surface area contributed by atoms with Crippen LogP contribution in [0.4, 0.5) is 11.4 Å². The predicted molar refractivity (Wildman–Crippen MR) is 105 cm³/mol. The first-order chi connectivity index (χ1) is 11.2. The second-order valence-electron chi connectivity index (χ2n) is 7.85. The van der Waals surface area contributed by atoms with Crippen molar-refractivity contribution in [2.45, 2.75) is 59.4 Å². The number of carbonyl (C=O) groups is 2. The van der Waals surface area contributed by atoms with Crippen LogP contribution in [-0.4, -0.2) is 17.9 Å². The first-order valence-electron chi connectivity index (χ1n) is 8.65. The lowest BCUT2D eigenvalue weighted by Gasteiger charge is -2.25. The van der Waals surface area contributed by atoms with Gasteiger partial charge in [-0.2, -0.15) is 0 Å². The summed E-state index contributed by atoms with van der Waals surface area (Å²) in [7, 11) is 0. The minimum Gasteiger partial charge on any atom is -0.328 e. The summed E-state index contributed by atoms with van der Waals surface area (Å²) in [5.41, 5.74) is 7.96. The minimum absolute atomic E-state index is 0. The van der Waals surface area contributed by atoms with Gasteiger partial charge < -0.3 is 16.4 Å². The molecule has 5 nitrogen and oxygen atoms in total. The minimum atomic E-state index is -0.445. The summed E-state index contributed by atoms with van der Waals surface area (Å²) in [4.78, 5) is 24.5. The zero-order valence-electron chi connectivity index (χ0n) is 15.5. The molecule has 0 bridgehead atoms. The van der Waals surface area contributed by atoms with Crippen LogP contribution in [0.15, 0.2) is 18.2 Å². The molecule has 0 aromatic heterocycles. The molecule has 0 heterocycles. The molecule has 2 rings (SSSR count). The molecule has 0 saturated heterocycles. The van der Waals surface area contributed by atoms with Gasteiger partial charge in [-0.05, 0) is 49.9 Å². The molecule has 0 radical (unpaired) electrons. The van der Waals surface area contributed by atoms with Crippen molar-refractivity contribution < 1.29 is 9.59 Å². The van der Waals surface area contributed by atoms with Crippen molar-refractivity contribution in [1.82, 2.24) is 0 Å². The highest BCUT2D eigenvalue weighted by molar-refractivity contribution is 5.96. The van der Waals surface area contributed by atoms with Crippen molar-refractivity contribution in [3.8, 4) is 0 Å². The Labute approximate surface area is 156 Å². The maximum absolute atomic E-state index is 12.4. The maximum Gasteiger partial charge on any atom is 0.229 e. The number of nitrogens with one attached hydrogen (secondary N) is 2. The quantitative estimate of drug-likeness (QED) is 0.758. The van der Waals surface area contributed by atoms with Gasteiger partial charge in [-0.25, -0.2) is 0 Å². The van der Waals surface area contributed by atoms with Crippen molar-refractivity contribution in [1.29, 1.82) is 0 Å². The number of nitrogens with two attached hydrogens (primary N) is 1. The number of rotatable bonds is 3. The maximum atomic E-state index is 12.4. The number of carbonyl (C=O) groups excluding carboxylic acids is 2. The lowest BCUT2D eigenvalue weighted by molar-refractivity contribution is -0.123. The molecule has 140 valence electrons. The molecule has 1 fully saturated rings. The van der Waals surface area contributed by atoms with Crippen LogP contribution < -0.4 is 16.4 Å². The number of aryl methyl sites for hydroxylation is 1. The van der Waals surface area contributed by atoms with Gasteiger partial charge in [0, 0.05) is 28.7 Å². The van der Waals surface area contributed by atoms with Gasteiger partial charge in [-0.15, -0.1) is 12.4 Å². The van der Waals surface area contributed by atoms with Gasteiger partial charge >= 0.3 is 0 Å². The summed E-state index contributed by atoms with van der Waals surface area (Å²) >= 11 is 0. The van der Waals surface area contributed by atoms with Crippen molar-refractivity contribution in [2.24, 2.45) is 17.1 Å². The van der Waals surface area contributed by atoms with E-state index in [1.54, 1.807) is 0 Å². The third kappa shape index (κ3) is 6.01. The van der Waals surface area contributed by atoms with Crippen molar-refractivity contribution in [3.05, 3.63) is 23.8 Å². The standard InChI is InChI=1S/C19H29N3O2.ClH/c1-12-10-15(8-9-16(12)22-18(24)19(2,3)4)21-17(23)13-6-5-7-14(20)11-13;/h8-10,13-14H,5-7,11,20H2,1-4H3,(H,21,23)(H,22,24);1H/t13-,14+;/m1./s1. The van der Waals surface area contributed by atoms with Crippen LogP contribution in [0.2, 0.25) is 0 Å². The van der Waals surface area contributed by atoms with Crippen LogP contribution in [0.1, 0.15) is 52.0 Å². The Bertz CT molecular complexity index is 626. The molecule has 0 spiro atoms. The molecule has 4 N–H and O–H groups in total. The Morgan fingerprint density at radius 1 is 1.16 bits per heavy atom. The molecule has 2 atom stereocenters. The van der Waals surface area contributed by atoms with Gasteiger partial charge in [0.15, 0.2) is 0 Å². The first kappa shape index (κ1) is 21.5. The Balaban J connectivity index is 0.00000312. The summed E-state index contributed by atoms with van der Waals surface area (Å²) in [5, 5.41) is 5.91. The zero-order chi connectivity index (χ0) is 17.9. The number of benzene rings is 1. The Hall–Kier alpha value is -1.59. The van der Waals surface area contributed by atoms with Crippen LogP contribution in [0.3, 0.4) is 0 Å². The second-order valence-corrected chi connectivity index (χ2v) is 7.85. The summed E-state index contributed by atoms with van der Waals surface area (Å²) in [6.07, 6.45) is 3.67. The van der Waals surface area contributed by atoms with Crippen LogP contribution in [-0.2, 0) is 9.59 Å². The molecule has 1 saturated carbocycles. The number of anilines is 2. The van der Waals surface area contributed by atoms with Gasteiger partial charge in [-0.3, -0.25) is 9.59 Å². The van der Waals surface area contributed by atoms with Crippen LogP contribution in [0.25, 0.3) is 0 Å². The Kier molecular flexibility index (Phi) is 7.44. The van der Waals surface area contributed by atoms with E-state index in [0.29, 0.717) is 0 Å². The van der Waals surface area contributed by atoms with E-state index in [9.17, 15) is 9.59 Å². The third-order valence-corrected chi connectivity index (χ3v) is 4.51. The van der Waals surface area contributed by atoms with E-state index < -0.39 is 5.41 Å². The van der Waals surface area contributed by atoms with E-state index in [2.05, 4.69) is 10.6 Å². The highest BCUT2D eigenvalue weighted by Gasteiger charge is 2.25. The number of hydrogen-bond acceptors (Lipinski definition) is 3. The molecule has 25 heavy (non-hydrogen) atoms. The summed E-state index contributed by atoms with van der Waals surface area (Å²) < 4.78 is 0. The fourth-order valence-electron chi connectivity index (χ4n) is 2.90. The van der Waals surface area contributed by atoms with Gasteiger partial charge in [0.1, 0.15) is 0 Å². The SMILES string of the molecule is Cc1cc(NC(=O)[C@@H]2CCC[C@H](N)C2)ccc1NC(=O)C(C)(C)C.Cl. The number of hydrogen-bond donors (Lipinski definition) is 3. The topological polar surface area (TPSA) is 84.2 Å². The van der Waals surface area contributed by atoms with E-state index in [1.165, 1.54) is 0 Å². The van der Waals surface area contributed by atoms with Gasteiger partial charge in [-0.1, -0.05) is 27.2 Å². The summed E-state index contributed by atoms with van der Waals surface area (Å²) in [6.45, 7) is 7.55. The molecular formula is C19H30ClN3O2. The largest absolute Gasteiger partial charge is 0.328 e. The lowest BCUT2D eigenvalue weighted by Crippen LogP contribution is -2.34. The fourth-order valence-corrected chi connectivity index (χ4v) is 2.90. The summed E-state index contributed by atoms with van der Waals surface area (Å²) in [6, 6.07) is 5.68. The molecule has 1 aliphatic carbocycles. The number of amides is 2. The molecule has 0 aliphatic heterocycles. The average molecular weight is 368 g/mol. The Morgan fingerprint density at radius 3 is 2.40 bits per heavy atom. The van der Waals surface area contributed by atoms with E-state index in [1.807, 2.05) is 45.9 Å². The van der Waals surface area contributed by atoms with Gasteiger partial charge in [0.25, 0.3) is 0 Å². The van der Waals surface area contributed by atoms with E-state index in [-0.39, 0.29) is 36.2 Å². The molecule has 1 aliphatic rings. The lowest BCUT2D eigenvalue weighted by atomic mass is 9.85. The zero-order valence-corrected chi connectivity index (χ0v) is 16.3. The van der Waals surface area contributed by atoms with Crippen molar-refractivity contribution >= 4 is 35.6 Å². The Morgan fingerprint density at radius 2 is 1.84 bits per heavy atom. The molecule has 1 aromatic carbocycles. The highest BCUT2D eigenvalue weighted by Crippen LogP contribution is 2.26. The van der Waals surface area contributed by atoms with Gasteiger partial charge in [0.2, 0.25) is 11.8 Å². The third-order valence-electron chi connectivity index (χ3n) is 4.51. The fraction of sp³-hybridized carbons (Fsp3) is 0.579. The van der Waals surface area contributed by atoms with Gasteiger partial charge in [0.05, 0.1) is 0 Å². The molecule has 1 aromatic rings. The first-order valence-corrected chi connectivity index (χ1v) is 8.65. The number of halogens is 1. The molecule has 6 heteroatoms. The highest BCUT2D eigenvalue weighted by atomic mass is 35.5. The monoisotopic (exact) mass is 367 g/mol. The van der Waals surface area contributed by atoms with Crippen molar-refractivity contribution in [3.63, 3.8) is 0 Å². The molecular weight excluding hydrogens is 338 g/mol. The average Bonchev–Trinajstić information content (AvgIpc) is 2.49. The smallest absolute Gasteiger partial charge is 0.229 e. The molecule has 0 unspecified atom stereocenters. The normalized spacial score (nSPS) is 20.4. The van der Waals surface area contributed by atoms with Crippen molar-refractivity contribution in [2.75, 3.05) is 10.6 Å². The second kappa shape index (κ2) is 8.68. The van der Waals surface area contributed by atoms with E-state index in [4.69, 9.17) is 5.73 Å². The predicted octanol–water partition coefficient (Wildman–Crippen LogP) is 3.86. The summed E-state index contributed by atoms with van der Waals surface area (Å²) in [5.74, 6) is 0.00364.